The van der Waals surface area contributed by atoms with Crippen molar-refractivity contribution in [2.75, 3.05) is 0 Å². The number of aliphatic imine (C=N–C) groups is 2. The third-order valence-electron chi connectivity index (χ3n) is 10.5. The highest BCUT2D eigenvalue weighted by Crippen LogP contribution is 2.49. The molecule has 7 aromatic carbocycles. The Hall–Kier alpha value is -6.54. The van der Waals surface area contributed by atoms with Gasteiger partial charge in [-0.3, -0.25) is 4.99 Å². The van der Waals surface area contributed by atoms with E-state index in [1.807, 2.05) is 72.4 Å². The first kappa shape index (κ1) is 32.9. The fourth-order valence-corrected chi connectivity index (χ4v) is 10.4. The maximum absolute atomic E-state index is 5.27. The first-order chi connectivity index (χ1) is 27.7. The van der Waals surface area contributed by atoms with Gasteiger partial charge in [-0.2, -0.15) is 0 Å². The molecule has 4 heterocycles. The molecule has 2 aliphatic heterocycles. The van der Waals surface area contributed by atoms with Crippen molar-refractivity contribution in [3.63, 3.8) is 0 Å². The molecule has 0 saturated carbocycles. The number of hydrogen-bond donors (Lipinski definition) is 0. The molecule has 0 radical (unpaired) electrons. The van der Waals surface area contributed by atoms with Gasteiger partial charge in [-0.05, 0) is 40.5 Å². The van der Waals surface area contributed by atoms with E-state index < -0.39 is 0 Å². The van der Waals surface area contributed by atoms with Gasteiger partial charge in [-0.1, -0.05) is 158 Å². The van der Waals surface area contributed by atoms with E-state index in [1.165, 1.54) is 25.9 Å². The molecule has 9 aromatic rings. The molecular formula is C49H31N5S2. The van der Waals surface area contributed by atoms with Crippen LogP contribution in [0.3, 0.4) is 0 Å². The van der Waals surface area contributed by atoms with Gasteiger partial charge in [0.2, 0.25) is 0 Å². The van der Waals surface area contributed by atoms with E-state index in [4.69, 9.17) is 24.9 Å². The number of fused-ring (bicyclic) bond motifs is 6. The fraction of sp³-hybridized carbons (Fsp3) is 0.0408. The van der Waals surface area contributed by atoms with E-state index in [2.05, 4.69) is 115 Å². The smallest absolute Gasteiger partial charge is 0.165 e. The number of rotatable bonds is 6. The van der Waals surface area contributed by atoms with Crippen LogP contribution in [-0.2, 0) is 0 Å². The first-order valence-corrected chi connectivity index (χ1v) is 20.3. The zero-order valence-corrected chi connectivity index (χ0v) is 31.6. The van der Waals surface area contributed by atoms with Gasteiger partial charge in [0.1, 0.15) is 0 Å². The molecule has 0 aliphatic carbocycles. The molecule has 264 valence electrons. The minimum atomic E-state index is 0.0336. The number of aromatic nitrogens is 3. The number of thioether (sulfide) groups is 1. The average Bonchev–Trinajstić information content (AvgIpc) is 3.85. The first-order valence-electron chi connectivity index (χ1n) is 18.6. The molecular weight excluding hydrogens is 723 g/mol. The van der Waals surface area contributed by atoms with Crippen molar-refractivity contribution in [3.8, 4) is 45.3 Å². The van der Waals surface area contributed by atoms with Crippen molar-refractivity contribution < 1.29 is 0 Å². The number of amidine groups is 1. The van der Waals surface area contributed by atoms with Crippen molar-refractivity contribution in [2.24, 2.45) is 9.98 Å². The third-order valence-corrected chi connectivity index (χ3v) is 13.1. The molecule has 0 saturated heterocycles. The molecule has 2 aromatic heterocycles. The maximum atomic E-state index is 5.27. The lowest BCUT2D eigenvalue weighted by atomic mass is 9.95. The zero-order chi connectivity index (χ0) is 37.0. The molecule has 11 rings (SSSR count). The highest BCUT2D eigenvalue weighted by molar-refractivity contribution is 8.01. The summed E-state index contributed by atoms with van der Waals surface area (Å²) in [7, 11) is 0. The molecule has 2 unspecified atom stereocenters. The standard InChI is InChI=1S/C49H31N5S2/c1-4-13-31(14-5-1)42-45-43(38-19-10-11-22-40(38)55-45)51-46(50-42)34-25-23-30(24-26-34)35-27-28-36-37-20-12-21-39(44(37)56-41(36)29-35)49-53-47(32-15-6-2-7-16-32)52-48(54-49)33-17-8-3-9-18-33/h1-29,43,45H. The quantitative estimate of drug-likeness (QED) is 0.170. The second-order valence-corrected chi connectivity index (χ2v) is 16.2. The van der Waals surface area contributed by atoms with Gasteiger partial charge >= 0.3 is 0 Å². The summed E-state index contributed by atoms with van der Waals surface area (Å²) >= 11 is 3.66. The van der Waals surface area contributed by atoms with Crippen LogP contribution in [0.25, 0.3) is 65.5 Å². The second kappa shape index (κ2) is 13.6. The van der Waals surface area contributed by atoms with E-state index >= 15 is 0 Å². The Morgan fingerprint density at radius 1 is 0.446 bits per heavy atom. The summed E-state index contributed by atoms with van der Waals surface area (Å²) in [4.78, 5) is 26.8. The summed E-state index contributed by atoms with van der Waals surface area (Å²) in [6.07, 6.45) is 0. The highest BCUT2D eigenvalue weighted by Gasteiger charge is 2.39. The van der Waals surface area contributed by atoms with Gasteiger partial charge in [-0.25, -0.2) is 19.9 Å². The fourth-order valence-electron chi connectivity index (χ4n) is 7.75. The van der Waals surface area contributed by atoms with Crippen molar-refractivity contribution in [2.45, 2.75) is 16.2 Å². The van der Waals surface area contributed by atoms with Crippen molar-refractivity contribution in [1.82, 2.24) is 15.0 Å². The van der Waals surface area contributed by atoms with E-state index in [0.717, 1.165) is 55.2 Å². The number of hydrogen-bond acceptors (Lipinski definition) is 7. The topological polar surface area (TPSA) is 63.4 Å². The molecule has 0 spiro atoms. The summed E-state index contributed by atoms with van der Waals surface area (Å²) in [5.74, 6) is 2.77. The summed E-state index contributed by atoms with van der Waals surface area (Å²) in [6, 6.07) is 61.4. The minimum Gasteiger partial charge on any atom is -0.256 e. The average molecular weight is 754 g/mol. The Labute approximate surface area is 332 Å². The van der Waals surface area contributed by atoms with Crippen molar-refractivity contribution >= 4 is 54.8 Å². The number of thiophene rings is 1. The lowest BCUT2D eigenvalue weighted by Crippen LogP contribution is -2.28. The molecule has 0 amide bonds. The predicted octanol–water partition coefficient (Wildman–Crippen LogP) is 12.4. The van der Waals surface area contributed by atoms with Crippen LogP contribution in [0.15, 0.2) is 191 Å². The van der Waals surface area contributed by atoms with Gasteiger partial charge in [0, 0.05) is 47.3 Å². The van der Waals surface area contributed by atoms with Crippen LogP contribution in [0, 0.1) is 0 Å². The monoisotopic (exact) mass is 753 g/mol. The molecule has 56 heavy (non-hydrogen) atoms. The largest absolute Gasteiger partial charge is 0.256 e. The van der Waals surface area contributed by atoms with Crippen LogP contribution in [-0.4, -0.2) is 31.7 Å². The summed E-state index contributed by atoms with van der Waals surface area (Å²) in [6.45, 7) is 0. The Kier molecular flexibility index (Phi) is 8.00. The Morgan fingerprint density at radius 3 is 1.77 bits per heavy atom. The van der Waals surface area contributed by atoms with Gasteiger partial charge < -0.3 is 0 Å². The molecule has 0 N–H and O–H groups in total. The molecule has 0 bridgehead atoms. The van der Waals surface area contributed by atoms with E-state index in [9.17, 15) is 0 Å². The number of benzene rings is 7. The highest BCUT2D eigenvalue weighted by atomic mass is 32.2. The molecule has 7 heteroatoms. The SMILES string of the molecule is c1ccc(C2=NC(c3ccc(-c4ccc5c(c4)sc4c(-c6nc(-c7ccccc7)nc(-c7ccccc7)n6)cccc45)cc3)=NC3c4ccccc4SC23)cc1. The van der Waals surface area contributed by atoms with Crippen LogP contribution in [0.1, 0.15) is 22.7 Å². The normalized spacial score (nSPS) is 16.0. The minimum absolute atomic E-state index is 0.0336. The maximum Gasteiger partial charge on any atom is 0.165 e. The lowest BCUT2D eigenvalue weighted by Gasteiger charge is -2.24. The van der Waals surface area contributed by atoms with Crippen LogP contribution in [0.5, 0.6) is 0 Å². The van der Waals surface area contributed by atoms with Crippen LogP contribution in [0.4, 0.5) is 0 Å². The van der Waals surface area contributed by atoms with Gasteiger partial charge in [0.15, 0.2) is 23.3 Å². The molecule has 5 nitrogen and oxygen atoms in total. The summed E-state index contributed by atoms with van der Waals surface area (Å²) in [5, 5.41) is 2.57. The van der Waals surface area contributed by atoms with Crippen molar-refractivity contribution in [3.05, 3.63) is 193 Å². The van der Waals surface area contributed by atoms with Gasteiger partial charge in [-0.15, -0.1) is 23.1 Å². The van der Waals surface area contributed by atoms with Crippen LogP contribution in [0.2, 0.25) is 0 Å². The Balaban J connectivity index is 0.961. The van der Waals surface area contributed by atoms with E-state index in [1.54, 1.807) is 11.3 Å². The Bertz CT molecular complexity index is 2940. The number of nitrogens with zero attached hydrogens (tertiary/aromatic N) is 5. The molecule has 2 aliphatic rings. The molecule has 0 fully saturated rings. The van der Waals surface area contributed by atoms with E-state index in [0.29, 0.717) is 17.5 Å². The second-order valence-electron chi connectivity index (χ2n) is 13.9. The van der Waals surface area contributed by atoms with Gasteiger partial charge in [0.05, 0.1) is 17.0 Å². The zero-order valence-electron chi connectivity index (χ0n) is 30.0. The van der Waals surface area contributed by atoms with Crippen molar-refractivity contribution in [1.29, 1.82) is 0 Å². The lowest BCUT2D eigenvalue weighted by molar-refractivity contribution is 0.773. The summed E-state index contributed by atoms with van der Waals surface area (Å²) in [5.41, 5.74) is 9.76. The Morgan fingerprint density at radius 2 is 1.05 bits per heavy atom. The summed E-state index contributed by atoms with van der Waals surface area (Å²) < 4.78 is 2.37. The van der Waals surface area contributed by atoms with Crippen LogP contribution < -0.4 is 0 Å². The molecule has 2 atom stereocenters. The predicted molar refractivity (Wildman–Crippen MR) is 233 cm³/mol. The third kappa shape index (κ3) is 5.75. The van der Waals surface area contributed by atoms with Gasteiger partial charge in [0.25, 0.3) is 0 Å². The van der Waals surface area contributed by atoms with E-state index in [-0.39, 0.29) is 11.3 Å². The van der Waals surface area contributed by atoms with Crippen LogP contribution >= 0.6 is 23.1 Å².